The predicted molar refractivity (Wildman–Crippen MR) is 128 cm³/mol. The zero-order valence-corrected chi connectivity index (χ0v) is 19.9. The molecular weight excluding hydrogens is 514 g/mol. The lowest BCUT2D eigenvalue weighted by Gasteiger charge is -2.31. The highest BCUT2D eigenvalue weighted by Crippen LogP contribution is 2.29. The molecule has 0 amide bonds. The van der Waals surface area contributed by atoms with E-state index in [0.717, 1.165) is 4.47 Å². The largest absolute Gasteiger partial charge is 0.463 e. The monoisotopic (exact) mass is 533 g/mol. The van der Waals surface area contributed by atoms with Gasteiger partial charge in [0, 0.05) is 29.5 Å². The van der Waals surface area contributed by atoms with Crippen LogP contribution in [0.3, 0.4) is 0 Å². The van der Waals surface area contributed by atoms with Gasteiger partial charge < -0.3 is 14.1 Å². The van der Waals surface area contributed by atoms with E-state index in [2.05, 4.69) is 36.4 Å². The van der Waals surface area contributed by atoms with Crippen LogP contribution in [-0.4, -0.2) is 56.7 Å². The molecule has 10 nitrogen and oxygen atoms in total. The maximum absolute atomic E-state index is 12.7. The number of nitrogens with zero attached hydrogens (tertiary/aromatic N) is 4. The number of rotatable bonds is 4. The molecule has 2 aliphatic rings. The fraction of sp³-hybridized carbons (Fsp3) is 0.333. The van der Waals surface area contributed by atoms with Crippen molar-refractivity contribution in [2.45, 2.75) is 12.2 Å². The van der Waals surface area contributed by atoms with Crippen molar-refractivity contribution in [1.82, 2.24) is 9.97 Å². The third kappa shape index (κ3) is 4.63. The molecule has 1 saturated heterocycles. The van der Waals surface area contributed by atoms with Crippen molar-refractivity contribution in [3.63, 3.8) is 0 Å². The molecule has 0 unspecified atom stereocenters. The lowest BCUT2D eigenvalue weighted by Crippen LogP contribution is -2.38. The van der Waals surface area contributed by atoms with Crippen molar-refractivity contribution in [2.24, 2.45) is 5.10 Å². The van der Waals surface area contributed by atoms with Gasteiger partial charge in [0.15, 0.2) is 9.84 Å². The van der Waals surface area contributed by atoms with Crippen LogP contribution in [0.2, 0.25) is 0 Å². The van der Waals surface area contributed by atoms with Gasteiger partial charge in [0.25, 0.3) is 0 Å². The summed E-state index contributed by atoms with van der Waals surface area (Å²) in [5.41, 5.74) is 4.64. The van der Waals surface area contributed by atoms with E-state index < -0.39 is 9.84 Å². The molecule has 0 bridgehead atoms. The zero-order chi connectivity index (χ0) is 23.0. The standard InChI is InChI=1S/C21H20BrN5O5S/c22-14-1-2-18-15(9-14)19(28)13(11-32-18)10-23-26-21-24-17-3-8-33(29,30)12-16(17)20(25-21)27-4-6-31-7-5-27/h1-2,9-11H,3-8,12H2,(H,24,25,26)/b23-10+. The molecule has 3 aromatic rings. The summed E-state index contributed by atoms with van der Waals surface area (Å²) in [5, 5.41) is 4.57. The summed E-state index contributed by atoms with van der Waals surface area (Å²) in [5.74, 6) is 0.792. The molecule has 0 radical (unpaired) electrons. The summed E-state index contributed by atoms with van der Waals surface area (Å²) in [7, 11) is -3.19. The predicted octanol–water partition coefficient (Wildman–Crippen LogP) is 2.10. The van der Waals surface area contributed by atoms with Crippen molar-refractivity contribution >= 4 is 54.7 Å². The average Bonchev–Trinajstić information content (AvgIpc) is 2.81. The summed E-state index contributed by atoms with van der Waals surface area (Å²) in [6.07, 6.45) is 3.02. The first-order chi connectivity index (χ1) is 15.9. The lowest BCUT2D eigenvalue weighted by atomic mass is 10.1. The van der Waals surface area contributed by atoms with E-state index >= 15 is 0 Å². The molecular formula is C21H20BrN5O5S. The minimum Gasteiger partial charge on any atom is -0.463 e. The first-order valence-corrected chi connectivity index (χ1v) is 12.9. The van der Waals surface area contributed by atoms with E-state index in [0.29, 0.717) is 60.8 Å². The summed E-state index contributed by atoms with van der Waals surface area (Å²) < 4.78 is 36.2. The molecule has 5 rings (SSSR count). The van der Waals surface area contributed by atoms with E-state index in [1.165, 1.54) is 12.5 Å². The zero-order valence-electron chi connectivity index (χ0n) is 17.5. The number of halogens is 1. The smallest absolute Gasteiger partial charge is 0.245 e. The minimum absolute atomic E-state index is 0.0516. The first kappa shape index (κ1) is 22.0. The van der Waals surface area contributed by atoms with Gasteiger partial charge in [-0.25, -0.2) is 18.8 Å². The van der Waals surface area contributed by atoms with Gasteiger partial charge in [-0.15, -0.1) is 0 Å². The van der Waals surface area contributed by atoms with Gasteiger partial charge in [-0.3, -0.25) is 4.79 Å². The maximum atomic E-state index is 12.7. The van der Waals surface area contributed by atoms with Crippen LogP contribution < -0.4 is 15.8 Å². The molecule has 172 valence electrons. The van der Waals surface area contributed by atoms with Gasteiger partial charge in [0.2, 0.25) is 11.4 Å². The summed E-state index contributed by atoms with van der Waals surface area (Å²) in [6.45, 7) is 2.31. The summed E-state index contributed by atoms with van der Waals surface area (Å²) >= 11 is 3.36. The van der Waals surface area contributed by atoms with Crippen molar-refractivity contribution in [3.05, 3.63) is 56.0 Å². The van der Waals surface area contributed by atoms with Crippen LogP contribution in [0.1, 0.15) is 16.8 Å². The number of anilines is 2. The number of fused-ring (bicyclic) bond motifs is 2. The number of aryl methyl sites for hydroxylation is 1. The van der Waals surface area contributed by atoms with Crippen LogP contribution in [0, 0.1) is 0 Å². The van der Waals surface area contributed by atoms with Gasteiger partial charge in [-0.05, 0) is 18.2 Å². The number of hydrogen-bond donors (Lipinski definition) is 1. The highest BCUT2D eigenvalue weighted by molar-refractivity contribution is 9.10. The highest BCUT2D eigenvalue weighted by Gasteiger charge is 2.29. The quantitative estimate of drug-likeness (QED) is 0.396. The number of benzene rings is 1. The fourth-order valence-electron chi connectivity index (χ4n) is 3.87. The number of nitrogens with one attached hydrogen (secondary N) is 1. The number of aromatic nitrogens is 2. The van der Waals surface area contributed by atoms with E-state index in [9.17, 15) is 13.2 Å². The summed E-state index contributed by atoms with van der Waals surface area (Å²) in [4.78, 5) is 23.8. The molecule has 1 N–H and O–H groups in total. The van der Waals surface area contributed by atoms with Crippen molar-refractivity contribution in [1.29, 1.82) is 0 Å². The van der Waals surface area contributed by atoms with Crippen LogP contribution in [0.25, 0.3) is 11.0 Å². The Kier molecular flexibility index (Phi) is 5.89. The number of ether oxygens (including phenoxy) is 1. The lowest BCUT2D eigenvalue weighted by molar-refractivity contribution is 0.122. The number of hydrazone groups is 1. The molecule has 12 heteroatoms. The number of sulfone groups is 1. The average molecular weight is 534 g/mol. The Labute approximate surface area is 197 Å². The molecule has 0 atom stereocenters. The van der Waals surface area contributed by atoms with E-state index in [1.807, 2.05) is 4.90 Å². The van der Waals surface area contributed by atoms with E-state index in [-0.39, 0.29) is 28.4 Å². The third-order valence-corrected chi connectivity index (χ3v) is 7.57. The molecule has 1 fully saturated rings. The number of hydrogen-bond acceptors (Lipinski definition) is 10. The van der Waals surface area contributed by atoms with Crippen molar-refractivity contribution in [2.75, 3.05) is 42.4 Å². The topological polar surface area (TPSA) is 127 Å². The summed E-state index contributed by atoms with van der Waals surface area (Å²) in [6, 6.07) is 5.21. The molecule has 2 aromatic heterocycles. The third-order valence-electron chi connectivity index (χ3n) is 5.53. The fourth-order valence-corrected chi connectivity index (χ4v) is 5.62. The first-order valence-electron chi connectivity index (χ1n) is 10.3. The molecule has 2 aliphatic heterocycles. The van der Waals surface area contributed by atoms with Gasteiger partial charge in [-0.2, -0.15) is 10.1 Å². The molecule has 0 spiro atoms. The van der Waals surface area contributed by atoms with Crippen LogP contribution in [0.15, 0.2) is 43.2 Å². The SMILES string of the molecule is O=c1c(/C=N/Nc2nc3c(c(N4CCOCC4)n2)CS(=O)(=O)CC3)coc2ccc(Br)cc12. The molecule has 33 heavy (non-hydrogen) atoms. The molecule has 0 aliphatic carbocycles. The normalized spacial score (nSPS) is 17.9. The number of morpholine rings is 1. The van der Waals surface area contributed by atoms with Crippen molar-refractivity contribution in [3.8, 4) is 0 Å². The van der Waals surface area contributed by atoms with Crippen LogP contribution in [0.5, 0.6) is 0 Å². The van der Waals surface area contributed by atoms with Gasteiger partial charge in [-0.1, -0.05) is 15.9 Å². The van der Waals surface area contributed by atoms with Gasteiger partial charge in [0.05, 0.1) is 47.6 Å². The van der Waals surface area contributed by atoms with Crippen molar-refractivity contribution < 1.29 is 17.6 Å². The highest BCUT2D eigenvalue weighted by atomic mass is 79.9. The Bertz CT molecular complexity index is 1420. The Balaban J connectivity index is 1.45. The van der Waals surface area contributed by atoms with E-state index in [4.69, 9.17) is 9.15 Å². The minimum atomic E-state index is -3.19. The van der Waals surface area contributed by atoms with Crippen LogP contribution in [-0.2, 0) is 26.7 Å². The Morgan fingerprint density at radius 1 is 1.21 bits per heavy atom. The molecule has 1 aromatic carbocycles. The second-order valence-electron chi connectivity index (χ2n) is 7.77. The maximum Gasteiger partial charge on any atom is 0.245 e. The second kappa shape index (κ2) is 8.84. The van der Waals surface area contributed by atoms with Crippen LogP contribution in [0.4, 0.5) is 11.8 Å². The van der Waals surface area contributed by atoms with E-state index in [1.54, 1.807) is 18.2 Å². The Morgan fingerprint density at radius 2 is 2.03 bits per heavy atom. The Morgan fingerprint density at radius 3 is 2.85 bits per heavy atom. The van der Waals surface area contributed by atoms with Gasteiger partial charge in [0.1, 0.15) is 17.7 Å². The second-order valence-corrected chi connectivity index (χ2v) is 10.9. The van der Waals surface area contributed by atoms with Gasteiger partial charge >= 0.3 is 0 Å². The Hall–Kier alpha value is -2.83. The molecule has 0 saturated carbocycles. The molecule has 4 heterocycles. The van der Waals surface area contributed by atoms with Crippen LogP contribution >= 0.6 is 15.9 Å².